The van der Waals surface area contributed by atoms with Crippen molar-refractivity contribution in [3.63, 3.8) is 0 Å². The largest absolute Gasteiger partial charge is 0.491 e. The Morgan fingerprint density at radius 1 is 1.25 bits per heavy atom. The number of hydrogen-bond acceptors (Lipinski definition) is 5. The molecule has 2 amide bonds. The summed E-state index contributed by atoms with van der Waals surface area (Å²) in [4.78, 5) is 27.8. The van der Waals surface area contributed by atoms with Gasteiger partial charge in [0.05, 0.1) is 18.3 Å². The van der Waals surface area contributed by atoms with Crippen molar-refractivity contribution in [2.45, 2.75) is 37.8 Å². The molecule has 3 aliphatic heterocycles. The molecule has 3 heterocycles. The number of hydrogen-bond donors (Lipinski definition) is 1. The molecule has 128 valence electrons. The number of rotatable bonds is 2. The maximum Gasteiger partial charge on any atom is 0.415 e. The van der Waals surface area contributed by atoms with Crippen molar-refractivity contribution in [1.29, 1.82) is 0 Å². The minimum absolute atomic E-state index is 0.105. The zero-order chi connectivity index (χ0) is 16.7. The van der Waals surface area contributed by atoms with Gasteiger partial charge in [0, 0.05) is 37.7 Å². The number of nitrogens with two attached hydrogens (primary N) is 1. The summed E-state index contributed by atoms with van der Waals surface area (Å²) in [6.45, 7) is 1.50. The Morgan fingerprint density at radius 3 is 2.92 bits per heavy atom. The molecule has 0 radical (unpaired) electrons. The van der Waals surface area contributed by atoms with Gasteiger partial charge >= 0.3 is 6.09 Å². The maximum atomic E-state index is 12.3. The Bertz CT molecular complexity index is 678. The van der Waals surface area contributed by atoms with Crippen LogP contribution in [-0.2, 0) is 9.53 Å². The molecule has 0 aromatic heterocycles. The van der Waals surface area contributed by atoms with Gasteiger partial charge in [0.2, 0.25) is 5.91 Å². The smallest absolute Gasteiger partial charge is 0.415 e. The number of amides is 2. The van der Waals surface area contributed by atoms with Crippen LogP contribution in [0.1, 0.15) is 25.7 Å². The second-order valence-corrected chi connectivity index (χ2v) is 6.39. The van der Waals surface area contributed by atoms with Gasteiger partial charge < -0.3 is 20.1 Å². The molecule has 2 fully saturated rings. The van der Waals surface area contributed by atoms with Crippen LogP contribution in [0.25, 0.3) is 0 Å². The standard InChI is InChI=1S/C17H21N3O4/c18-10-15-13-6-8-23-14-9-11(19-7-2-1-3-16(19)21)4-5-12(14)20(13)17(22)24-15/h4-5,9,13,15H,1-3,6-8,10,18H2/t13-,15-/m0/s1. The molecule has 0 bridgehead atoms. The maximum absolute atomic E-state index is 12.3. The summed E-state index contributed by atoms with van der Waals surface area (Å²) in [5, 5.41) is 0. The second kappa shape index (κ2) is 5.98. The van der Waals surface area contributed by atoms with Gasteiger partial charge in [-0.1, -0.05) is 0 Å². The number of carbonyl (C=O) groups is 2. The molecule has 0 spiro atoms. The predicted octanol–water partition coefficient (Wildman–Crippen LogP) is 1.64. The first kappa shape index (κ1) is 15.3. The average molecular weight is 331 g/mol. The van der Waals surface area contributed by atoms with Gasteiger partial charge in [0.1, 0.15) is 11.9 Å². The summed E-state index contributed by atoms with van der Waals surface area (Å²) < 4.78 is 11.2. The summed E-state index contributed by atoms with van der Waals surface area (Å²) in [7, 11) is 0. The number of cyclic esters (lactones) is 1. The molecule has 2 saturated heterocycles. The van der Waals surface area contributed by atoms with E-state index in [1.54, 1.807) is 9.80 Å². The van der Waals surface area contributed by atoms with Crippen LogP contribution in [0.4, 0.5) is 16.2 Å². The lowest BCUT2D eigenvalue weighted by molar-refractivity contribution is -0.119. The molecule has 0 unspecified atom stereocenters. The van der Waals surface area contributed by atoms with E-state index in [0.717, 1.165) is 25.1 Å². The third kappa shape index (κ3) is 2.39. The van der Waals surface area contributed by atoms with Crippen molar-refractivity contribution in [3.05, 3.63) is 18.2 Å². The Hall–Kier alpha value is -2.28. The van der Waals surface area contributed by atoms with Crippen molar-refractivity contribution in [1.82, 2.24) is 0 Å². The molecule has 3 aliphatic rings. The van der Waals surface area contributed by atoms with Crippen LogP contribution >= 0.6 is 0 Å². The molecule has 1 aromatic rings. The van der Waals surface area contributed by atoms with Gasteiger partial charge in [0.25, 0.3) is 0 Å². The van der Waals surface area contributed by atoms with E-state index in [0.29, 0.717) is 37.4 Å². The van der Waals surface area contributed by atoms with E-state index in [2.05, 4.69) is 0 Å². The van der Waals surface area contributed by atoms with Crippen molar-refractivity contribution in [2.24, 2.45) is 5.73 Å². The van der Waals surface area contributed by atoms with E-state index in [-0.39, 0.29) is 24.1 Å². The summed E-state index contributed by atoms with van der Waals surface area (Å²) in [5.74, 6) is 0.750. The number of nitrogens with zero attached hydrogens (tertiary/aromatic N) is 2. The average Bonchev–Trinajstić information content (AvgIpc) is 2.79. The van der Waals surface area contributed by atoms with E-state index in [9.17, 15) is 9.59 Å². The first-order chi connectivity index (χ1) is 11.7. The molecular formula is C17H21N3O4. The second-order valence-electron chi connectivity index (χ2n) is 6.39. The monoisotopic (exact) mass is 331 g/mol. The zero-order valence-corrected chi connectivity index (χ0v) is 13.4. The fourth-order valence-corrected chi connectivity index (χ4v) is 3.72. The van der Waals surface area contributed by atoms with Crippen LogP contribution in [0, 0.1) is 0 Å². The topological polar surface area (TPSA) is 85.1 Å². The summed E-state index contributed by atoms with van der Waals surface area (Å²) in [6.07, 6.45) is 2.50. The molecule has 0 aliphatic carbocycles. The lowest BCUT2D eigenvalue weighted by atomic mass is 10.1. The van der Waals surface area contributed by atoms with Crippen molar-refractivity contribution < 1.29 is 19.1 Å². The van der Waals surface area contributed by atoms with Crippen LogP contribution in [0.2, 0.25) is 0 Å². The molecular weight excluding hydrogens is 310 g/mol. The minimum atomic E-state index is -0.385. The van der Waals surface area contributed by atoms with Crippen LogP contribution in [0.5, 0.6) is 5.75 Å². The number of carbonyl (C=O) groups excluding carboxylic acids is 2. The molecule has 7 nitrogen and oxygen atoms in total. The van der Waals surface area contributed by atoms with E-state index in [1.807, 2.05) is 18.2 Å². The Labute approximate surface area is 140 Å². The number of benzene rings is 1. The molecule has 0 saturated carbocycles. The molecule has 7 heteroatoms. The zero-order valence-electron chi connectivity index (χ0n) is 13.4. The highest BCUT2D eigenvalue weighted by Gasteiger charge is 2.44. The minimum Gasteiger partial charge on any atom is -0.491 e. The lowest BCUT2D eigenvalue weighted by Gasteiger charge is -2.28. The SMILES string of the molecule is NC[C@@H]1OC(=O)N2c3ccc(N4CCCCC4=O)cc3OCC[C@@H]12. The Kier molecular flexibility index (Phi) is 3.80. The Balaban J connectivity index is 1.69. The molecule has 24 heavy (non-hydrogen) atoms. The highest BCUT2D eigenvalue weighted by molar-refractivity contribution is 5.96. The molecule has 1 aromatic carbocycles. The molecule has 4 rings (SSSR count). The van der Waals surface area contributed by atoms with Crippen molar-refractivity contribution in [3.8, 4) is 5.75 Å². The highest BCUT2D eigenvalue weighted by Crippen LogP contribution is 2.40. The summed E-state index contributed by atoms with van der Waals surface area (Å²) >= 11 is 0. The van der Waals surface area contributed by atoms with Gasteiger partial charge in [0.15, 0.2) is 0 Å². The fourth-order valence-electron chi connectivity index (χ4n) is 3.72. The van der Waals surface area contributed by atoms with Crippen LogP contribution in [0.3, 0.4) is 0 Å². The van der Waals surface area contributed by atoms with Gasteiger partial charge in [-0.25, -0.2) is 4.79 Å². The third-order valence-electron chi connectivity index (χ3n) is 4.95. The fraction of sp³-hybridized carbons (Fsp3) is 0.529. The number of ether oxygens (including phenoxy) is 2. The summed E-state index contributed by atoms with van der Waals surface area (Å²) in [5.41, 5.74) is 7.23. The van der Waals surface area contributed by atoms with Crippen LogP contribution < -0.4 is 20.3 Å². The predicted molar refractivity (Wildman–Crippen MR) is 88.3 cm³/mol. The number of fused-ring (bicyclic) bond motifs is 3. The van der Waals surface area contributed by atoms with Gasteiger partial charge in [-0.05, 0) is 25.0 Å². The van der Waals surface area contributed by atoms with E-state index < -0.39 is 0 Å². The van der Waals surface area contributed by atoms with Crippen molar-refractivity contribution in [2.75, 3.05) is 29.5 Å². The first-order valence-corrected chi connectivity index (χ1v) is 8.46. The highest BCUT2D eigenvalue weighted by atomic mass is 16.6. The van der Waals surface area contributed by atoms with Gasteiger partial charge in [-0.15, -0.1) is 0 Å². The molecule has 2 N–H and O–H groups in total. The third-order valence-corrected chi connectivity index (χ3v) is 4.95. The Morgan fingerprint density at radius 2 is 2.12 bits per heavy atom. The quantitative estimate of drug-likeness (QED) is 0.890. The van der Waals surface area contributed by atoms with Gasteiger partial charge in [-0.2, -0.15) is 0 Å². The number of anilines is 2. The van der Waals surface area contributed by atoms with E-state index in [4.69, 9.17) is 15.2 Å². The van der Waals surface area contributed by atoms with Crippen molar-refractivity contribution >= 4 is 23.4 Å². The van der Waals surface area contributed by atoms with Gasteiger partial charge in [-0.3, -0.25) is 9.69 Å². The van der Waals surface area contributed by atoms with E-state index >= 15 is 0 Å². The first-order valence-electron chi connectivity index (χ1n) is 8.46. The normalized spacial score (nSPS) is 26.4. The van der Waals surface area contributed by atoms with Crippen LogP contribution in [0.15, 0.2) is 18.2 Å². The van der Waals surface area contributed by atoms with Crippen LogP contribution in [-0.4, -0.2) is 43.8 Å². The molecule has 2 atom stereocenters. The van der Waals surface area contributed by atoms with E-state index in [1.165, 1.54) is 0 Å². The summed E-state index contributed by atoms with van der Waals surface area (Å²) in [6, 6.07) is 5.46. The lowest BCUT2D eigenvalue weighted by Crippen LogP contribution is -2.39. The number of piperidine rings is 1.